The summed E-state index contributed by atoms with van der Waals surface area (Å²) in [6.45, 7) is 4.79. The Hall–Kier alpha value is -1.86. The number of pyridine rings is 1. The Labute approximate surface area is 137 Å². The molecule has 22 heavy (non-hydrogen) atoms. The van der Waals surface area contributed by atoms with Crippen molar-refractivity contribution >= 4 is 41.1 Å². The number of rotatable bonds is 4. The van der Waals surface area contributed by atoms with Gasteiger partial charge in [-0.3, -0.25) is 10.1 Å². The van der Waals surface area contributed by atoms with Crippen LogP contribution in [-0.4, -0.2) is 35.0 Å². The number of carbonyl (C=O) groups is 3. The van der Waals surface area contributed by atoms with Gasteiger partial charge in [0.1, 0.15) is 5.15 Å². The summed E-state index contributed by atoms with van der Waals surface area (Å²) in [6, 6.07) is 1.98. The number of halogens is 2. The van der Waals surface area contributed by atoms with Gasteiger partial charge in [0.05, 0.1) is 5.02 Å². The Balaban J connectivity index is 2.65. The van der Waals surface area contributed by atoms with Crippen molar-refractivity contribution in [2.45, 2.75) is 32.9 Å². The molecule has 1 unspecified atom stereocenters. The van der Waals surface area contributed by atoms with E-state index in [0.29, 0.717) is 0 Å². The van der Waals surface area contributed by atoms with Crippen molar-refractivity contribution in [2.24, 2.45) is 0 Å². The second-order valence-corrected chi connectivity index (χ2v) is 5.42. The molecule has 0 aliphatic rings. The van der Waals surface area contributed by atoms with Crippen molar-refractivity contribution in [3.8, 4) is 0 Å². The lowest BCUT2D eigenvalue weighted by atomic mass is 10.3. The highest BCUT2D eigenvalue weighted by Crippen LogP contribution is 2.18. The van der Waals surface area contributed by atoms with Crippen molar-refractivity contribution in [3.05, 3.63) is 28.0 Å². The maximum atomic E-state index is 11.9. The molecule has 7 nitrogen and oxygen atoms in total. The smallest absolute Gasteiger partial charge is 0.359 e. The van der Waals surface area contributed by atoms with Crippen LogP contribution >= 0.6 is 23.2 Å². The number of hydrogen-bond donors (Lipinski definition) is 2. The van der Waals surface area contributed by atoms with Gasteiger partial charge in [-0.15, -0.1) is 0 Å². The first-order chi connectivity index (χ1) is 10.2. The summed E-state index contributed by atoms with van der Waals surface area (Å²) in [5.74, 6) is -1.69. The number of amides is 3. The van der Waals surface area contributed by atoms with Gasteiger partial charge in [-0.05, 0) is 32.9 Å². The second kappa shape index (κ2) is 7.95. The molecule has 0 saturated carbocycles. The molecule has 0 spiro atoms. The van der Waals surface area contributed by atoms with E-state index in [4.69, 9.17) is 27.9 Å². The van der Waals surface area contributed by atoms with Crippen LogP contribution in [0.2, 0.25) is 10.2 Å². The van der Waals surface area contributed by atoms with Crippen LogP contribution in [0.1, 0.15) is 31.3 Å². The fourth-order valence-corrected chi connectivity index (χ4v) is 1.67. The van der Waals surface area contributed by atoms with Gasteiger partial charge in [-0.25, -0.2) is 14.6 Å². The van der Waals surface area contributed by atoms with E-state index in [1.54, 1.807) is 13.8 Å². The molecule has 120 valence electrons. The van der Waals surface area contributed by atoms with Crippen molar-refractivity contribution in [3.63, 3.8) is 0 Å². The summed E-state index contributed by atoms with van der Waals surface area (Å²) in [4.78, 5) is 38.7. The number of nitrogens with zero attached hydrogens (tertiary/aromatic N) is 1. The minimum absolute atomic E-state index is 0.0413. The molecule has 0 saturated heterocycles. The highest BCUT2D eigenvalue weighted by atomic mass is 35.5. The topological polar surface area (TPSA) is 97.4 Å². The number of carbonyl (C=O) groups excluding carboxylic acids is 3. The average Bonchev–Trinajstić information content (AvgIpc) is 2.40. The summed E-state index contributed by atoms with van der Waals surface area (Å²) in [7, 11) is 0. The molecule has 1 heterocycles. The maximum Gasteiger partial charge on any atom is 0.359 e. The normalized spacial score (nSPS) is 11.7. The highest BCUT2D eigenvalue weighted by Gasteiger charge is 2.23. The van der Waals surface area contributed by atoms with Gasteiger partial charge in [0, 0.05) is 6.04 Å². The molecule has 9 heteroatoms. The molecule has 0 bridgehead atoms. The SMILES string of the molecule is CC(C)NC(=O)NC(=O)C(C)OC(=O)c1nc(Cl)ccc1Cl. The lowest BCUT2D eigenvalue weighted by Gasteiger charge is -2.14. The molecule has 1 aromatic heterocycles. The molecule has 1 atom stereocenters. The Morgan fingerprint density at radius 1 is 1.18 bits per heavy atom. The van der Waals surface area contributed by atoms with Crippen molar-refractivity contribution in [2.75, 3.05) is 0 Å². The quantitative estimate of drug-likeness (QED) is 0.642. The van der Waals surface area contributed by atoms with Crippen LogP contribution in [0.4, 0.5) is 4.79 Å². The largest absolute Gasteiger partial charge is 0.448 e. The zero-order chi connectivity index (χ0) is 16.9. The van der Waals surface area contributed by atoms with E-state index in [-0.39, 0.29) is 21.9 Å². The van der Waals surface area contributed by atoms with Gasteiger partial charge in [0.2, 0.25) is 0 Å². The van der Waals surface area contributed by atoms with Crippen molar-refractivity contribution in [1.29, 1.82) is 0 Å². The molecule has 0 fully saturated rings. The lowest BCUT2D eigenvalue weighted by molar-refractivity contribution is -0.127. The summed E-state index contributed by atoms with van der Waals surface area (Å²) >= 11 is 11.5. The highest BCUT2D eigenvalue weighted by molar-refractivity contribution is 6.34. The molecular weight excluding hydrogens is 333 g/mol. The van der Waals surface area contributed by atoms with Crippen LogP contribution in [-0.2, 0) is 9.53 Å². The van der Waals surface area contributed by atoms with Gasteiger partial charge in [-0.1, -0.05) is 23.2 Å². The molecule has 2 N–H and O–H groups in total. The van der Waals surface area contributed by atoms with Crippen LogP contribution in [0.15, 0.2) is 12.1 Å². The number of hydrogen-bond acceptors (Lipinski definition) is 5. The van der Waals surface area contributed by atoms with Gasteiger partial charge in [0.15, 0.2) is 11.8 Å². The van der Waals surface area contributed by atoms with Crippen LogP contribution in [0.25, 0.3) is 0 Å². The third kappa shape index (κ3) is 5.50. The van der Waals surface area contributed by atoms with Crippen LogP contribution < -0.4 is 10.6 Å². The molecule has 1 aromatic rings. The second-order valence-electron chi connectivity index (χ2n) is 4.63. The maximum absolute atomic E-state index is 11.9. The van der Waals surface area contributed by atoms with Gasteiger partial charge < -0.3 is 10.1 Å². The fraction of sp³-hybridized carbons (Fsp3) is 0.385. The standard InChI is InChI=1S/C13H15Cl2N3O4/c1-6(2)16-13(21)18-11(19)7(3)22-12(20)10-8(14)4-5-9(15)17-10/h4-7H,1-3H3,(H2,16,18,19,21). The molecule has 3 amide bonds. The lowest BCUT2D eigenvalue weighted by Crippen LogP contribution is -2.46. The first kappa shape index (κ1) is 18.2. The molecule has 1 rings (SSSR count). The first-order valence-electron chi connectivity index (χ1n) is 6.35. The summed E-state index contributed by atoms with van der Waals surface area (Å²) in [5, 5.41) is 4.62. The fourth-order valence-electron chi connectivity index (χ4n) is 1.34. The van der Waals surface area contributed by atoms with Gasteiger partial charge in [-0.2, -0.15) is 0 Å². The predicted molar refractivity (Wildman–Crippen MR) is 80.9 cm³/mol. The van der Waals surface area contributed by atoms with E-state index in [0.717, 1.165) is 0 Å². The molecule has 0 aromatic carbocycles. The Kier molecular flexibility index (Phi) is 6.58. The van der Waals surface area contributed by atoms with Crippen LogP contribution in [0, 0.1) is 0 Å². The third-order valence-electron chi connectivity index (χ3n) is 2.31. The summed E-state index contributed by atoms with van der Waals surface area (Å²) in [5.41, 5.74) is -0.208. The molecular formula is C13H15Cl2N3O4. The van der Waals surface area contributed by atoms with E-state index in [1.807, 2.05) is 5.32 Å². The summed E-state index contributed by atoms with van der Waals surface area (Å²) in [6.07, 6.45) is -1.21. The number of aromatic nitrogens is 1. The number of ether oxygens (including phenoxy) is 1. The zero-order valence-electron chi connectivity index (χ0n) is 12.1. The Bertz CT molecular complexity index is 593. The molecule has 0 radical (unpaired) electrons. The average molecular weight is 348 g/mol. The monoisotopic (exact) mass is 347 g/mol. The van der Waals surface area contributed by atoms with Gasteiger partial charge in [0.25, 0.3) is 5.91 Å². The van der Waals surface area contributed by atoms with E-state index < -0.39 is 24.0 Å². The van der Waals surface area contributed by atoms with Crippen LogP contribution in [0.5, 0.6) is 0 Å². The van der Waals surface area contributed by atoms with E-state index >= 15 is 0 Å². The van der Waals surface area contributed by atoms with E-state index in [9.17, 15) is 14.4 Å². The number of nitrogens with one attached hydrogen (secondary N) is 2. The third-order valence-corrected chi connectivity index (χ3v) is 2.83. The Morgan fingerprint density at radius 3 is 2.41 bits per heavy atom. The minimum atomic E-state index is -1.21. The first-order valence-corrected chi connectivity index (χ1v) is 7.10. The van der Waals surface area contributed by atoms with E-state index in [2.05, 4.69) is 10.3 Å². The van der Waals surface area contributed by atoms with Crippen LogP contribution in [0.3, 0.4) is 0 Å². The number of imide groups is 1. The minimum Gasteiger partial charge on any atom is -0.448 e. The summed E-state index contributed by atoms with van der Waals surface area (Å²) < 4.78 is 4.90. The van der Waals surface area contributed by atoms with Gasteiger partial charge >= 0.3 is 12.0 Å². The van der Waals surface area contributed by atoms with Crippen molar-refractivity contribution < 1.29 is 19.1 Å². The molecule has 0 aliphatic carbocycles. The zero-order valence-corrected chi connectivity index (χ0v) is 13.7. The predicted octanol–water partition coefficient (Wildman–Crippen LogP) is 2.17. The number of esters is 1. The van der Waals surface area contributed by atoms with E-state index in [1.165, 1.54) is 19.1 Å². The molecule has 0 aliphatic heterocycles. The van der Waals surface area contributed by atoms with Crippen molar-refractivity contribution in [1.82, 2.24) is 15.6 Å². The number of urea groups is 1. The Morgan fingerprint density at radius 2 is 1.82 bits per heavy atom.